The SMILES string of the molecule is CN(C)c1ccnc(NC2CCOC(C3CC3)C2)n1. The first-order valence-electron chi connectivity index (χ1n) is 7.11. The van der Waals surface area contributed by atoms with Crippen molar-refractivity contribution in [1.29, 1.82) is 0 Å². The molecule has 0 amide bonds. The van der Waals surface area contributed by atoms with Crippen LogP contribution in [-0.2, 0) is 4.74 Å². The van der Waals surface area contributed by atoms with Crippen LogP contribution >= 0.6 is 0 Å². The Balaban J connectivity index is 1.62. The first-order chi connectivity index (χ1) is 9.22. The summed E-state index contributed by atoms with van der Waals surface area (Å²) in [6.07, 6.45) is 7.05. The lowest BCUT2D eigenvalue weighted by Gasteiger charge is -2.30. The molecular formula is C14H22N4O. The molecule has 3 rings (SSSR count). The second kappa shape index (κ2) is 5.33. The molecule has 1 aromatic heterocycles. The molecule has 1 aliphatic heterocycles. The van der Waals surface area contributed by atoms with Gasteiger partial charge in [-0.3, -0.25) is 0 Å². The monoisotopic (exact) mass is 262 g/mol. The maximum atomic E-state index is 5.84. The molecule has 1 aliphatic carbocycles. The van der Waals surface area contributed by atoms with Crippen LogP contribution in [0.25, 0.3) is 0 Å². The molecule has 2 fully saturated rings. The summed E-state index contributed by atoms with van der Waals surface area (Å²) in [4.78, 5) is 10.8. The molecule has 0 aromatic carbocycles. The zero-order valence-corrected chi connectivity index (χ0v) is 11.7. The molecule has 5 nitrogen and oxygen atoms in total. The second-order valence-electron chi connectivity index (χ2n) is 5.75. The van der Waals surface area contributed by atoms with E-state index in [4.69, 9.17) is 4.74 Å². The van der Waals surface area contributed by atoms with Crippen molar-refractivity contribution in [3.05, 3.63) is 12.3 Å². The Morgan fingerprint density at radius 1 is 1.32 bits per heavy atom. The molecule has 2 heterocycles. The molecule has 1 aromatic rings. The number of rotatable bonds is 4. The van der Waals surface area contributed by atoms with Gasteiger partial charge in [0.1, 0.15) is 5.82 Å². The molecule has 2 atom stereocenters. The van der Waals surface area contributed by atoms with E-state index in [9.17, 15) is 0 Å². The van der Waals surface area contributed by atoms with Gasteiger partial charge in [-0.25, -0.2) is 4.98 Å². The molecule has 0 radical (unpaired) electrons. The zero-order valence-electron chi connectivity index (χ0n) is 11.7. The maximum absolute atomic E-state index is 5.84. The van der Waals surface area contributed by atoms with Gasteiger partial charge in [-0.1, -0.05) is 0 Å². The fraction of sp³-hybridized carbons (Fsp3) is 0.714. The maximum Gasteiger partial charge on any atom is 0.224 e. The van der Waals surface area contributed by atoms with Crippen molar-refractivity contribution < 1.29 is 4.74 Å². The normalized spacial score (nSPS) is 27.1. The van der Waals surface area contributed by atoms with Crippen molar-refractivity contribution in [2.24, 2.45) is 5.92 Å². The minimum absolute atomic E-state index is 0.441. The summed E-state index contributed by atoms with van der Waals surface area (Å²) in [6, 6.07) is 2.36. The number of nitrogens with one attached hydrogen (secondary N) is 1. The predicted octanol–water partition coefficient (Wildman–Crippen LogP) is 1.91. The van der Waals surface area contributed by atoms with Gasteiger partial charge in [0.05, 0.1) is 6.10 Å². The highest BCUT2D eigenvalue weighted by Gasteiger charge is 2.35. The fourth-order valence-electron chi connectivity index (χ4n) is 2.61. The second-order valence-corrected chi connectivity index (χ2v) is 5.75. The molecule has 5 heteroatoms. The molecular weight excluding hydrogens is 240 g/mol. The lowest BCUT2D eigenvalue weighted by molar-refractivity contribution is -0.00228. The van der Waals surface area contributed by atoms with E-state index in [-0.39, 0.29) is 0 Å². The van der Waals surface area contributed by atoms with E-state index in [1.54, 1.807) is 0 Å². The lowest BCUT2D eigenvalue weighted by atomic mass is 10.0. The average molecular weight is 262 g/mol. The number of hydrogen-bond donors (Lipinski definition) is 1. The van der Waals surface area contributed by atoms with Crippen molar-refractivity contribution >= 4 is 11.8 Å². The van der Waals surface area contributed by atoms with Crippen LogP contribution in [0.3, 0.4) is 0 Å². The zero-order chi connectivity index (χ0) is 13.2. The molecule has 0 spiro atoms. The predicted molar refractivity (Wildman–Crippen MR) is 75.5 cm³/mol. The number of aromatic nitrogens is 2. The third kappa shape index (κ3) is 3.15. The first-order valence-corrected chi connectivity index (χ1v) is 7.11. The Morgan fingerprint density at radius 3 is 2.89 bits per heavy atom. The minimum Gasteiger partial charge on any atom is -0.378 e. The summed E-state index contributed by atoms with van der Waals surface area (Å²) in [7, 11) is 3.98. The minimum atomic E-state index is 0.441. The highest BCUT2D eigenvalue weighted by molar-refractivity contribution is 5.41. The van der Waals surface area contributed by atoms with E-state index in [1.165, 1.54) is 12.8 Å². The molecule has 19 heavy (non-hydrogen) atoms. The summed E-state index contributed by atoms with van der Waals surface area (Å²) in [6.45, 7) is 0.853. The Morgan fingerprint density at radius 2 is 2.16 bits per heavy atom. The van der Waals surface area contributed by atoms with E-state index in [0.29, 0.717) is 12.1 Å². The molecule has 104 valence electrons. The highest BCUT2D eigenvalue weighted by atomic mass is 16.5. The van der Waals surface area contributed by atoms with E-state index in [2.05, 4.69) is 15.3 Å². The van der Waals surface area contributed by atoms with Gasteiger partial charge in [0.2, 0.25) is 5.95 Å². The van der Waals surface area contributed by atoms with Crippen LogP contribution < -0.4 is 10.2 Å². The largest absolute Gasteiger partial charge is 0.378 e. The van der Waals surface area contributed by atoms with Gasteiger partial charge >= 0.3 is 0 Å². The molecule has 1 N–H and O–H groups in total. The van der Waals surface area contributed by atoms with Crippen molar-refractivity contribution in [2.45, 2.75) is 37.8 Å². The number of ether oxygens (including phenoxy) is 1. The third-order valence-electron chi connectivity index (χ3n) is 3.90. The Labute approximate surface area is 114 Å². The topological polar surface area (TPSA) is 50.3 Å². The van der Waals surface area contributed by atoms with Crippen LogP contribution in [0, 0.1) is 5.92 Å². The van der Waals surface area contributed by atoms with Gasteiger partial charge in [0.25, 0.3) is 0 Å². The third-order valence-corrected chi connectivity index (χ3v) is 3.90. The Bertz CT molecular complexity index is 433. The summed E-state index contributed by atoms with van der Waals surface area (Å²) in [5.41, 5.74) is 0. The average Bonchev–Trinajstić information content (AvgIpc) is 3.23. The van der Waals surface area contributed by atoms with Gasteiger partial charge in [0.15, 0.2) is 0 Å². The Kier molecular flexibility index (Phi) is 3.55. The molecule has 1 saturated carbocycles. The number of anilines is 2. The molecule has 0 bridgehead atoms. The summed E-state index contributed by atoms with van der Waals surface area (Å²) >= 11 is 0. The fourth-order valence-corrected chi connectivity index (χ4v) is 2.61. The van der Waals surface area contributed by atoms with Crippen molar-refractivity contribution in [3.63, 3.8) is 0 Å². The van der Waals surface area contributed by atoms with Crippen LogP contribution in [0.2, 0.25) is 0 Å². The lowest BCUT2D eigenvalue weighted by Crippen LogP contribution is -2.35. The van der Waals surface area contributed by atoms with Crippen molar-refractivity contribution in [1.82, 2.24) is 9.97 Å². The standard InChI is InChI=1S/C14H22N4O/c1-18(2)13-5-7-15-14(17-13)16-11-6-8-19-12(9-11)10-3-4-10/h5,7,10-12H,3-4,6,8-9H2,1-2H3,(H,15,16,17). The summed E-state index contributed by atoms with van der Waals surface area (Å²) in [5.74, 6) is 2.47. The van der Waals surface area contributed by atoms with E-state index >= 15 is 0 Å². The number of nitrogens with zero attached hydrogens (tertiary/aromatic N) is 3. The van der Waals surface area contributed by atoms with E-state index < -0.39 is 0 Å². The van der Waals surface area contributed by atoms with Crippen molar-refractivity contribution in [2.75, 3.05) is 30.9 Å². The van der Waals surface area contributed by atoms with Crippen LogP contribution in [0.4, 0.5) is 11.8 Å². The summed E-state index contributed by atoms with van der Waals surface area (Å²) < 4.78 is 5.84. The van der Waals surface area contributed by atoms with Crippen LogP contribution in [-0.4, -0.2) is 42.8 Å². The highest BCUT2D eigenvalue weighted by Crippen LogP contribution is 2.38. The van der Waals surface area contributed by atoms with Gasteiger partial charge in [-0.05, 0) is 37.7 Å². The molecule has 1 saturated heterocycles. The Hall–Kier alpha value is -1.36. The van der Waals surface area contributed by atoms with Crippen LogP contribution in [0.15, 0.2) is 12.3 Å². The van der Waals surface area contributed by atoms with Gasteiger partial charge in [0, 0.05) is 32.9 Å². The quantitative estimate of drug-likeness (QED) is 0.898. The van der Waals surface area contributed by atoms with Crippen molar-refractivity contribution in [3.8, 4) is 0 Å². The van der Waals surface area contributed by atoms with E-state index in [1.807, 2.05) is 31.3 Å². The first kappa shape index (κ1) is 12.7. The van der Waals surface area contributed by atoms with Gasteiger partial charge in [-0.2, -0.15) is 4.98 Å². The van der Waals surface area contributed by atoms with Crippen LogP contribution in [0.5, 0.6) is 0 Å². The molecule has 2 unspecified atom stereocenters. The van der Waals surface area contributed by atoms with Gasteiger partial charge < -0.3 is 15.0 Å². The number of hydrogen-bond acceptors (Lipinski definition) is 5. The van der Waals surface area contributed by atoms with Crippen LogP contribution in [0.1, 0.15) is 25.7 Å². The van der Waals surface area contributed by atoms with E-state index in [0.717, 1.165) is 37.1 Å². The summed E-state index contributed by atoms with van der Waals surface area (Å²) in [5, 5.41) is 3.46. The molecule has 2 aliphatic rings. The smallest absolute Gasteiger partial charge is 0.224 e. The van der Waals surface area contributed by atoms with Gasteiger partial charge in [-0.15, -0.1) is 0 Å².